The Bertz CT molecular complexity index is 1500. The average Bonchev–Trinajstić information content (AvgIpc) is 3.23. The highest BCUT2D eigenvalue weighted by molar-refractivity contribution is 6.19. The summed E-state index contributed by atoms with van der Waals surface area (Å²) in [5, 5.41) is 1.67. The summed E-state index contributed by atoms with van der Waals surface area (Å²) in [7, 11) is 3.16. The Morgan fingerprint density at radius 1 is 0.848 bits per heavy atom. The van der Waals surface area contributed by atoms with Crippen LogP contribution >= 0.6 is 0 Å². The second kappa shape index (κ2) is 8.28. The summed E-state index contributed by atoms with van der Waals surface area (Å²) < 4.78 is 12.8. The van der Waals surface area contributed by atoms with E-state index < -0.39 is 0 Å². The molecule has 0 saturated carbocycles. The number of pyridine rings is 1. The molecule has 3 aromatic carbocycles. The van der Waals surface area contributed by atoms with Crippen molar-refractivity contribution < 1.29 is 19.1 Å². The van der Waals surface area contributed by atoms with Crippen LogP contribution in [-0.4, -0.2) is 30.7 Å². The van der Waals surface area contributed by atoms with E-state index in [4.69, 9.17) is 9.47 Å². The van der Waals surface area contributed by atoms with Crippen LogP contribution in [0.4, 0.5) is 0 Å². The lowest BCUT2D eigenvalue weighted by molar-refractivity contribution is 0.103. The van der Waals surface area contributed by atoms with E-state index in [9.17, 15) is 9.59 Å². The van der Waals surface area contributed by atoms with Crippen LogP contribution in [-0.2, 0) is 0 Å². The third-order valence-electron chi connectivity index (χ3n) is 5.89. The van der Waals surface area contributed by atoms with Crippen LogP contribution in [0, 0.1) is 0 Å². The van der Waals surface area contributed by atoms with Gasteiger partial charge in [-0.05, 0) is 29.1 Å². The van der Waals surface area contributed by atoms with Gasteiger partial charge in [-0.2, -0.15) is 0 Å². The van der Waals surface area contributed by atoms with Gasteiger partial charge in [-0.25, -0.2) is 0 Å². The maximum atomic E-state index is 13.8. The third-order valence-corrected chi connectivity index (χ3v) is 5.89. The number of hydrogen-bond acceptors (Lipinski definition) is 4. The number of carbonyl (C=O) groups is 2. The SMILES string of the molecule is COc1cc2ccn3c(C(=O)c4ccccc4)c(-c4ccccc4)c(C=O)c3c2cc1OC. The van der Waals surface area contributed by atoms with Gasteiger partial charge in [-0.15, -0.1) is 0 Å². The van der Waals surface area contributed by atoms with E-state index in [1.807, 2.05) is 77.3 Å². The first-order valence-electron chi connectivity index (χ1n) is 10.5. The van der Waals surface area contributed by atoms with E-state index in [2.05, 4.69) is 0 Å². The summed E-state index contributed by atoms with van der Waals surface area (Å²) in [5.74, 6) is 0.989. The van der Waals surface area contributed by atoms with Gasteiger partial charge in [0.05, 0.1) is 19.7 Å². The number of methoxy groups -OCH3 is 2. The highest BCUT2D eigenvalue weighted by Gasteiger charge is 2.26. The Morgan fingerprint density at radius 2 is 1.48 bits per heavy atom. The van der Waals surface area contributed by atoms with Gasteiger partial charge in [0.2, 0.25) is 5.78 Å². The smallest absolute Gasteiger partial charge is 0.210 e. The number of hydrogen-bond donors (Lipinski definition) is 0. The van der Waals surface area contributed by atoms with E-state index in [0.717, 1.165) is 22.6 Å². The molecular weight excluding hydrogens is 414 g/mol. The fourth-order valence-corrected chi connectivity index (χ4v) is 4.39. The van der Waals surface area contributed by atoms with Crippen LogP contribution in [0.3, 0.4) is 0 Å². The Labute approximate surface area is 190 Å². The maximum Gasteiger partial charge on any atom is 0.210 e. The van der Waals surface area contributed by atoms with Gasteiger partial charge in [-0.1, -0.05) is 60.7 Å². The van der Waals surface area contributed by atoms with Gasteiger partial charge >= 0.3 is 0 Å². The molecule has 0 saturated heterocycles. The summed E-state index contributed by atoms with van der Waals surface area (Å²) >= 11 is 0. The van der Waals surface area contributed by atoms with Gasteiger partial charge in [0, 0.05) is 28.3 Å². The molecule has 33 heavy (non-hydrogen) atoms. The largest absolute Gasteiger partial charge is 0.493 e. The molecule has 162 valence electrons. The Morgan fingerprint density at radius 3 is 2.12 bits per heavy atom. The first-order chi connectivity index (χ1) is 16.2. The zero-order valence-electron chi connectivity index (χ0n) is 18.2. The monoisotopic (exact) mass is 435 g/mol. The first-order valence-corrected chi connectivity index (χ1v) is 10.5. The number of ketones is 1. The molecule has 0 spiro atoms. The Kier molecular flexibility index (Phi) is 5.15. The minimum Gasteiger partial charge on any atom is -0.493 e. The van der Waals surface area contributed by atoms with Gasteiger partial charge in [0.1, 0.15) is 5.69 Å². The van der Waals surface area contributed by atoms with Crippen molar-refractivity contribution in [2.45, 2.75) is 0 Å². The van der Waals surface area contributed by atoms with Gasteiger partial charge in [0.25, 0.3) is 0 Å². The molecular formula is C28H21NO4. The second-order valence-electron chi connectivity index (χ2n) is 7.65. The predicted octanol–water partition coefficient (Wildman–Crippen LogP) is 5.82. The van der Waals surface area contributed by atoms with E-state index in [1.165, 1.54) is 0 Å². The highest BCUT2D eigenvalue weighted by atomic mass is 16.5. The van der Waals surface area contributed by atoms with Crippen molar-refractivity contribution in [2.24, 2.45) is 0 Å². The second-order valence-corrected chi connectivity index (χ2v) is 7.65. The van der Waals surface area contributed by atoms with Crippen molar-refractivity contribution >= 4 is 28.4 Å². The van der Waals surface area contributed by atoms with Crippen molar-refractivity contribution in [1.29, 1.82) is 0 Å². The van der Waals surface area contributed by atoms with Gasteiger partial charge in [-0.3, -0.25) is 9.59 Å². The Hall–Kier alpha value is -4.38. The molecule has 5 nitrogen and oxygen atoms in total. The number of carbonyl (C=O) groups excluding carboxylic acids is 2. The average molecular weight is 435 g/mol. The van der Waals surface area contributed by atoms with E-state index in [-0.39, 0.29) is 5.78 Å². The molecule has 5 rings (SSSR count). The van der Waals surface area contributed by atoms with Crippen LogP contribution in [0.15, 0.2) is 85.1 Å². The van der Waals surface area contributed by atoms with Crippen molar-refractivity contribution in [3.8, 4) is 22.6 Å². The lowest BCUT2D eigenvalue weighted by Gasteiger charge is -2.11. The summed E-state index contributed by atoms with van der Waals surface area (Å²) in [5.41, 5.74) is 3.53. The standard InChI is InChI=1S/C28H21NO4/c1-32-23-15-20-13-14-29-26(21(20)16-24(23)33-2)22(17-30)25(18-9-5-3-6-10-18)27(29)28(31)19-11-7-4-8-12-19/h3-17H,1-2H3. The molecule has 5 heteroatoms. The molecule has 0 fully saturated rings. The van der Waals surface area contributed by atoms with Crippen molar-refractivity contribution in [3.05, 3.63) is 102 Å². The number of ether oxygens (including phenoxy) is 2. The minimum atomic E-state index is -0.155. The molecule has 0 N–H and O–H groups in total. The van der Waals surface area contributed by atoms with E-state index in [1.54, 1.807) is 26.4 Å². The third kappa shape index (κ3) is 3.26. The molecule has 0 unspecified atom stereocenters. The van der Waals surface area contributed by atoms with Crippen LogP contribution in [0.25, 0.3) is 27.4 Å². The van der Waals surface area contributed by atoms with Gasteiger partial charge < -0.3 is 13.9 Å². The lowest BCUT2D eigenvalue weighted by Crippen LogP contribution is -2.07. The fraction of sp³-hybridized carbons (Fsp3) is 0.0714. The predicted molar refractivity (Wildman–Crippen MR) is 129 cm³/mol. The molecule has 0 radical (unpaired) electrons. The van der Waals surface area contributed by atoms with Crippen LogP contribution in [0.2, 0.25) is 0 Å². The van der Waals surface area contributed by atoms with Crippen molar-refractivity contribution in [2.75, 3.05) is 14.2 Å². The molecule has 0 aliphatic carbocycles. The Balaban J connectivity index is 1.95. The molecule has 0 bridgehead atoms. The maximum absolute atomic E-state index is 13.8. The number of fused-ring (bicyclic) bond motifs is 3. The van der Waals surface area contributed by atoms with E-state index >= 15 is 0 Å². The molecule has 0 aliphatic heterocycles. The van der Waals surface area contributed by atoms with Crippen LogP contribution in [0.5, 0.6) is 11.5 Å². The fourth-order valence-electron chi connectivity index (χ4n) is 4.39. The lowest BCUT2D eigenvalue weighted by atomic mass is 9.96. The zero-order chi connectivity index (χ0) is 22.9. The first kappa shape index (κ1) is 20.5. The van der Waals surface area contributed by atoms with Crippen molar-refractivity contribution in [1.82, 2.24) is 4.40 Å². The summed E-state index contributed by atoms with van der Waals surface area (Å²) in [6.45, 7) is 0. The molecule has 2 heterocycles. The molecule has 0 aliphatic rings. The normalized spacial score (nSPS) is 11.0. The van der Waals surface area contributed by atoms with Crippen LogP contribution in [0.1, 0.15) is 26.4 Å². The summed E-state index contributed by atoms with van der Waals surface area (Å²) in [4.78, 5) is 26.3. The summed E-state index contributed by atoms with van der Waals surface area (Å²) in [6.07, 6.45) is 2.66. The summed E-state index contributed by atoms with van der Waals surface area (Å²) in [6, 6.07) is 24.3. The van der Waals surface area contributed by atoms with Gasteiger partial charge in [0.15, 0.2) is 17.8 Å². The van der Waals surface area contributed by atoms with Crippen LogP contribution < -0.4 is 9.47 Å². The molecule has 5 aromatic rings. The number of aldehydes is 1. The number of benzene rings is 3. The quantitative estimate of drug-likeness (QED) is 0.249. The topological polar surface area (TPSA) is 57.0 Å². The molecule has 0 atom stereocenters. The molecule has 2 aromatic heterocycles. The van der Waals surface area contributed by atoms with Crippen molar-refractivity contribution in [3.63, 3.8) is 0 Å². The minimum absolute atomic E-state index is 0.155. The number of aromatic nitrogens is 1. The highest BCUT2D eigenvalue weighted by Crippen LogP contribution is 2.40. The molecule has 0 amide bonds. The zero-order valence-corrected chi connectivity index (χ0v) is 18.2. The number of nitrogens with zero attached hydrogens (tertiary/aromatic N) is 1. The number of rotatable bonds is 6. The van der Waals surface area contributed by atoms with E-state index in [0.29, 0.717) is 39.4 Å².